The predicted octanol–water partition coefficient (Wildman–Crippen LogP) is 2.26. The minimum Gasteiger partial charge on any atom is -0.492 e. The molecule has 126 valence electrons. The number of benzene rings is 2. The third kappa shape index (κ3) is 5.43. The smallest absolute Gasteiger partial charge is 0.251 e. The van der Waals surface area contributed by atoms with Crippen LogP contribution < -0.4 is 10.1 Å². The number of hydrogen-bond donors (Lipinski definition) is 1. The SMILES string of the molecule is Cc1ccc(OCCN(C)C(=O)CNC(=O)c2ccccc2)cc1. The molecule has 2 aromatic rings. The van der Waals surface area contributed by atoms with E-state index in [-0.39, 0.29) is 18.4 Å². The van der Waals surface area contributed by atoms with Crippen molar-refractivity contribution in [1.29, 1.82) is 0 Å². The Bertz CT molecular complexity index is 669. The first-order valence-electron chi connectivity index (χ1n) is 7.83. The van der Waals surface area contributed by atoms with Crippen LogP contribution in [0.4, 0.5) is 0 Å². The second kappa shape index (κ2) is 8.72. The summed E-state index contributed by atoms with van der Waals surface area (Å²) in [7, 11) is 1.69. The molecule has 0 saturated carbocycles. The lowest BCUT2D eigenvalue weighted by Gasteiger charge is -2.18. The van der Waals surface area contributed by atoms with Crippen LogP contribution in [0.2, 0.25) is 0 Å². The molecule has 2 amide bonds. The number of ether oxygens (including phenoxy) is 1. The monoisotopic (exact) mass is 326 g/mol. The van der Waals surface area contributed by atoms with Crippen LogP contribution in [0.15, 0.2) is 54.6 Å². The molecule has 0 bridgehead atoms. The van der Waals surface area contributed by atoms with Crippen molar-refractivity contribution in [2.75, 3.05) is 26.7 Å². The topological polar surface area (TPSA) is 58.6 Å². The standard InChI is InChI=1S/C19H22N2O3/c1-15-8-10-17(11-9-15)24-13-12-21(2)18(22)14-20-19(23)16-6-4-3-5-7-16/h3-11H,12-14H2,1-2H3,(H,20,23). The molecule has 5 heteroatoms. The number of carbonyl (C=O) groups excluding carboxylic acids is 2. The van der Waals surface area contributed by atoms with Gasteiger partial charge in [-0.25, -0.2) is 0 Å². The maximum atomic E-state index is 12.0. The first-order chi connectivity index (χ1) is 11.6. The Balaban J connectivity index is 1.70. The second-order valence-electron chi connectivity index (χ2n) is 5.53. The Labute approximate surface area is 142 Å². The summed E-state index contributed by atoms with van der Waals surface area (Å²) in [5.41, 5.74) is 1.71. The van der Waals surface area contributed by atoms with Gasteiger partial charge in [0, 0.05) is 12.6 Å². The van der Waals surface area contributed by atoms with E-state index in [0.717, 1.165) is 5.75 Å². The average molecular weight is 326 g/mol. The largest absolute Gasteiger partial charge is 0.492 e. The van der Waals surface area contributed by atoms with Gasteiger partial charge in [-0.05, 0) is 31.2 Å². The highest BCUT2D eigenvalue weighted by Gasteiger charge is 2.11. The molecule has 0 atom stereocenters. The Hall–Kier alpha value is -2.82. The maximum Gasteiger partial charge on any atom is 0.251 e. The van der Waals surface area contributed by atoms with E-state index in [1.165, 1.54) is 5.56 Å². The molecule has 0 aromatic heterocycles. The summed E-state index contributed by atoms with van der Waals surface area (Å²) < 4.78 is 5.60. The minimum absolute atomic E-state index is 0.0330. The van der Waals surface area contributed by atoms with Gasteiger partial charge in [-0.15, -0.1) is 0 Å². The van der Waals surface area contributed by atoms with Crippen LogP contribution in [0.5, 0.6) is 5.75 Å². The van der Waals surface area contributed by atoms with Crippen molar-refractivity contribution < 1.29 is 14.3 Å². The first-order valence-corrected chi connectivity index (χ1v) is 7.83. The third-order valence-corrected chi connectivity index (χ3v) is 3.58. The summed E-state index contributed by atoms with van der Waals surface area (Å²) in [4.78, 5) is 25.5. The van der Waals surface area contributed by atoms with E-state index >= 15 is 0 Å². The molecule has 0 radical (unpaired) electrons. The van der Waals surface area contributed by atoms with E-state index in [0.29, 0.717) is 18.7 Å². The van der Waals surface area contributed by atoms with Gasteiger partial charge in [0.25, 0.3) is 5.91 Å². The number of rotatable bonds is 7. The minimum atomic E-state index is -0.256. The van der Waals surface area contributed by atoms with Gasteiger partial charge in [0.05, 0.1) is 13.1 Å². The highest BCUT2D eigenvalue weighted by Crippen LogP contribution is 2.11. The highest BCUT2D eigenvalue weighted by molar-refractivity contribution is 5.96. The van der Waals surface area contributed by atoms with Gasteiger partial charge in [0.15, 0.2) is 0 Å². The number of nitrogens with zero attached hydrogens (tertiary/aromatic N) is 1. The van der Waals surface area contributed by atoms with Gasteiger partial charge in [0.2, 0.25) is 5.91 Å². The molecule has 0 aliphatic heterocycles. The number of carbonyl (C=O) groups is 2. The van der Waals surface area contributed by atoms with E-state index in [9.17, 15) is 9.59 Å². The van der Waals surface area contributed by atoms with Crippen LogP contribution in [0.3, 0.4) is 0 Å². The molecule has 24 heavy (non-hydrogen) atoms. The molecule has 1 N–H and O–H groups in total. The number of aryl methyl sites for hydroxylation is 1. The van der Waals surface area contributed by atoms with Crippen LogP contribution in [0, 0.1) is 6.92 Å². The summed E-state index contributed by atoms with van der Waals surface area (Å²) in [5, 5.41) is 2.62. The molecule has 0 aliphatic carbocycles. The van der Waals surface area contributed by atoms with Gasteiger partial charge >= 0.3 is 0 Å². The normalized spacial score (nSPS) is 10.1. The summed E-state index contributed by atoms with van der Waals surface area (Å²) >= 11 is 0. The van der Waals surface area contributed by atoms with Gasteiger partial charge in [-0.1, -0.05) is 35.9 Å². The van der Waals surface area contributed by atoms with Gasteiger partial charge < -0.3 is 15.0 Å². The zero-order valence-corrected chi connectivity index (χ0v) is 14.0. The molecular formula is C19H22N2O3. The molecule has 2 aromatic carbocycles. The van der Waals surface area contributed by atoms with Crippen LogP contribution >= 0.6 is 0 Å². The van der Waals surface area contributed by atoms with E-state index in [4.69, 9.17) is 4.74 Å². The highest BCUT2D eigenvalue weighted by atomic mass is 16.5. The van der Waals surface area contributed by atoms with Crippen LogP contribution in [-0.2, 0) is 4.79 Å². The Kier molecular flexibility index (Phi) is 6.37. The number of nitrogens with one attached hydrogen (secondary N) is 1. The lowest BCUT2D eigenvalue weighted by Crippen LogP contribution is -2.39. The van der Waals surface area contributed by atoms with Crippen molar-refractivity contribution in [2.45, 2.75) is 6.92 Å². The molecule has 0 aliphatic rings. The van der Waals surface area contributed by atoms with Gasteiger partial charge in [-0.3, -0.25) is 9.59 Å². The molecule has 0 unspecified atom stereocenters. The molecule has 0 saturated heterocycles. The lowest BCUT2D eigenvalue weighted by atomic mass is 10.2. The summed E-state index contributed by atoms with van der Waals surface area (Å²) in [6, 6.07) is 16.6. The summed E-state index contributed by atoms with van der Waals surface area (Å²) in [6.07, 6.45) is 0. The number of likely N-dealkylation sites (N-methyl/N-ethyl adjacent to an activating group) is 1. The van der Waals surface area contributed by atoms with Crippen molar-refractivity contribution in [1.82, 2.24) is 10.2 Å². The van der Waals surface area contributed by atoms with E-state index in [1.807, 2.05) is 37.3 Å². The quantitative estimate of drug-likeness (QED) is 0.849. The van der Waals surface area contributed by atoms with Crippen LogP contribution in [-0.4, -0.2) is 43.5 Å². The molecule has 0 fully saturated rings. The van der Waals surface area contributed by atoms with Gasteiger partial charge in [-0.2, -0.15) is 0 Å². The fraction of sp³-hybridized carbons (Fsp3) is 0.263. The molecule has 0 heterocycles. The lowest BCUT2D eigenvalue weighted by molar-refractivity contribution is -0.129. The summed E-state index contributed by atoms with van der Waals surface area (Å²) in [5.74, 6) is 0.360. The van der Waals surface area contributed by atoms with Crippen LogP contribution in [0.25, 0.3) is 0 Å². The third-order valence-electron chi connectivity index (χ3n) is 3.58. The average Bonchev–Trinajstić information content (AvgIpc) is 2.61. The maximum absolute atomic E-state index is 12.0. The molecule has 0 spiro atoms. The molecular weight excluding hydrogens is 304 g/mol. The van der Waals surface area contributed by atoms with Gasteiger partial charge in [0.1, 0.15) is 12.4 Å². The number of amides is 2. The predicted molar refractivity (Wildman–Crippen MR) is 93.1 cm³/mol. The Morgan fingerprint density at radius 3 is 2.38 bits per heavy atom. The van der Waals surface area contributed by atoms with E-state index < -0.39 is 0 Å². The fourth-order valence-electron chi connectivity index (χ4n) is 2.04. The van der Waals surface area contributed by atoms with Crippen LogP contribution in [0.1, 0.15) is 15.9 Å². The fourth-order valence-corrected chi connectivity index (χ4v) is 2.04. The zero-order valence-electron chi connectivity index (χ0n) is 14.0. The van der Waals surface area contributed by atoms with Crippen molar-refractivity contribution in [3.8, 4) is 5.75 Å². The molecule has 5 nitrogen and oxygen atoms in total. The van der Waals surface area contributed by atoms with E-state index in [2.05, 4.69) is 5.32 Å². The van der Waals surface area contributed by atoms with E-state index in [1.54, 1.807) is 36.2 Å². The Morgan fingerprint density at radius 2 is 1.71 bits per heavy atom. The van der Waals surface area contributed by atoms with Crippen molar-refractivity contribution in [3.63, 3.8) is 0 Å². The second-order valence-corrected chi connectivity index (χ2v) is 5.53. The van der Waals surface area contributed by atoms with Crippen molar-refractivity contribution >= 4 is 11.8 Å². The van der Waals surface area contributed by atoms with Crippen molar-refractivity contribution in [2.24, 2.45) is 0 Å². The number of hydrogen-bond acceptors (Lipinski definition) is 3. The molecule has 2 rings (SSSR count). The Morgan fingerprint density at radius 1 is 1.04 bits per heavy atom. The summed E-state index contributed by atoms with van der Waals surface area (Å²) in [6.45, 7) is 2.83. The van der Waals surface area contributed by atoms with Crippen molar-refractivity contribution in [3.05, 3.63) is 65.7 Å². The first kappa shape index (κ1) is 17.5. The zero-order chi connectivity index (χ0) is 17.4.